The van der Waals surface area contributed by atoms with Crippen LogP contribution in [0.25, 0.3) is 0 Å². The normalized spacial score (nSPS) is 44.0. The van der Waals surface area contributed by atoms with Crippen LogP contribution in [0, 0.1) is 45.3 Å². The number of hydrogen-bond donors (Lipinski definition) is 1. The average molecular weight is 515 g/mol. The molecule has 0 amide bonds. The molecule has 4 heteroatoms. The van der Waals surface area contributed by atoms with Crippen molar-refractivity contribution in [2.24, 2.45) is 45.3 Å². The molecule has 0 bridgehead atoms. The van der Waals surface area contributed by atoms with Gasteiger partial charge in [-0.25, -0.2) is 0 Å². The van der Waals surface area contributed by atoms with Crippen molar-refractivity contribution in [2.75, 3.05) is 7.11 Å². The highest BCUT2D eigenvalue weighted by Gasteiger charge is 2.69. The molecule has 0 saturated heterocycles. The van der Waals surface area contributed by atoms with E-state index in [4.69, 9.17) is 9.47 Å². The lowest BCUT2D eigenvalue weighted by Crippen LogP contribution is -2.63. The molecule has 4 nitrogen and oxygen atoms in total. The lowest BCUT2D eigenvalue weighted by Gasteiger charge is -2.67. The van der Waals surface area contributed by atoms with Gasteiger partial charge in [0.2, 0.25) is 0 Å². The molecule has 0 aromatic heterocycles. The standard InChI is InChI=1S/C33H54O4/c1-20(2)17-23(37-22(4)34)18-21(3)24-13-14-33(9)29-27(36-10)19-26-25(11-12-28(35)30(26,5)6)31(29,7)15-16-32(24,33)8/h17,19,21,23-25,27-29,35H,11-16,18H2,1-10H3/t21-,23+,24-,25-,27+,28+,29-,31+,32-,33+/m1/s1. The molecule has 10 atom stereocenters. The number of rotatable bonds is 6. The highest BCUT2D eigenvalue weighted by atomic mass is 16.5. The second-order valence-electron chi connectivity index (χ2n) is 14.8. The zero-order valence-corrected chi connectivity index (χ0v) is 25.3. The van der Waals surface area contributed by atoms with Gasteiger partial charge in [-0.15, -0.1) is 0 Å². The Balaban J connectivity index is 1.68. The van der Waals surface area contributed by atoms with E-state index in [-0.39, 0.29) is 45.9 Å². The number of methoxy groups -OCH3 is 1. The molecule has 210 valence electrons. The maximum absolute atomic E-state index is 11.8. The minimum atomic E-state index is -0.278. The summed E-state index contributed by atoms with van der Waals surface area (Å²) in [5.74, 6) is 1.85. The Kier molecular flexibility index (Phi) is 7.65. The van der Waals surface area contributed by atoms with Crippen molar-refractivity contribution in [3.8, 4) is 0 Å². The van der Waals surface area contributed by atoms with Crippen LogP contribution in [0.2, 0.25) is 0 Å². The third-order valence-electron chi connectivity index (χ3n) is 12.2. The Hall–Kier alpha value is -1.13. The van der Waals surface area contributed by atoms with E-state index in [1.165, 1.54) is 43.8 Å². The lowest BCUT2D eigenvalue weighted by atomic mass is 9.38. The number of aliphatic hydroxyl groups is 1. The molecule has 0 spiro atoms. The number of carbonyl (C=O) groups excluding carboxylic acids is 1. The van der Waals surface area contributed by atoms with Gasteiger partial charge in [-0.05, 0) is 98.9 Å². The summed E-state index contributed by atoms with van der Waals surface area (Å²) in [5, 5.41) is 10.9. The number of carbonyl (C=O) groups is 1. The Labute approximate surface area is 226 Å². The summed E-state index contributed by atoms with van der Waals surface area (Å²) in [6, 6.07) is 0. The first-order chi connectivity index (χ1) is 17.1. The fourth-order valence-electron chi connectivity index (χ4n) is 10.2. The first-order valence-corrected chi connectivity index (χ1v) is 14.9. The Morgan fingerprint density at radius 2 is 1.73 bits per heavy atom. The van der Waals surface area contributed by atoms with Gasteiger partial charge in [0.05, 0.1) is 12.2 Å². The molecule has 4 aliphatic carbocycles. The molecule has 0 heterocycles. The summed E-state index contributed by atoms with van der Waals surface area (Å²) in [6.07, 6.45) is 12.0. The molecule has 1 N–H and O–H groups in total. The SMILES string of the molecule is CO[C@H]1C=C2[C@@H](CC[C@H](O)C2(C)C)[C@]2(C)CC[C@]3(C)[C@@H]([C@H](C)C[C@H](C=C(C)C)OC(C)=O)CC[C@@]3(C)[C@H]12. The van der Waals surface area contributed by atoms with Crippen LogP contribution in [0.1, 0.15) is 107 Å². The monoisotopic (exact) mass is 514 g/mol. The van der Waals surface area contributed by atoms with Gasteiger partial charge < -0.3 is 14.6 Å². The van der Waals surface area contributed by atoms with Crippen LogP contribution in [0.5, 0.6) is 0 Å². The van der Waals surface area contributed by atoms with E-state index in [1.54, 1.807) is 0 Å². The van der Waals surface area contributed by atoms with Crippen molar-refractivity contribution in [1.82, 2.24) is 0 Å². The molecule has 4 rings (SSSR count). The minimum absolute atomic E-state index is 0.0824. The smallest absolute Gasteiger partial charge is 0.303 e. The molecule has 0 aliphatic heterocycles. The van der Waals surface area contributed by atoms with E-state index in [1.807, 2.05) is 7.11 Å². The van der Waals surface area contributed by atoms with Crippen LogP contribution in [-0.2, 0) is 14.3 Å². The van der Waals surface area contributed by atoms with E-state index in [0.717, 1.165) is 19.3 Å². The Bertz CT molecular complexity index is 944. The third kappa shape index (κ3) is 4.46. The number of hydrogen-bond acceptors (Lipinski definition) is 4. The number of aliphatic hydroxyl groups excluding tert-OH is 1. The molecule has 3 fully saturated rings. The van der Waals surface area contributed by atoms with Gasteiger partial charge in [0.1, 0.15) is 6.10 Å². The fourth-order valence-corrected chi connectivity index (χ4v) is 10.2. The van der Waals surface area contributed by atoms with E-state index >= 15 is 0 Å². The number of ether oxygens (including phenoxy) is 2. The lowest BCUT2D eigenvalue weighted by molar-refractivity contribution is -0.183. The zero-order valence-electron chi connectivity index (χ0n) is 25.3. The van der Waals surface area contributed by atoms with Crippen LogP contribution in [0.3, 0.4) is 0 Å². The number of esters is 1. The average Bonchev–Trinajstić information content (AvgIpc) is 3.06. The van der Waals surface area contributed by atoms with Gasteiger partial charge in [-0.3, -0.25) is 4.79 Å². The van der Waals surface area contributed by atoms with Crippen LogP contribution in [0.15, 0.2) is 23.3 Å². The van der Waals surface area contributed by atoms with Crippen molar-refractivity contribution in [3.63, 3.8) is 0 Å². The summed E-state index contributed by atoms with van der Waals surface area (Å²) in [4.78, 5) is 11.8. The molecule has 0 unspecified atom stereocenters. The van der Waals surface area contributed by atoms with Crippen molar-refractivity contribution >= 4 is 5.97 Å². The molecule has 4 aliphatic rings. The molecule has 0 aromatic rings. The second kappa shape index (κ2) is 9.81. The van der Waals surface area contributed by atoms with Crippen molar-refractivity contribution in [2.45, 2.75) is 126 Å². The fraction of sp³-hybridized carbons (Fsp3) is 0.848. The summed E-state index contributed by atoms with van der Waals surface area (Å²) < 4.78 is 12.1. The van der Waals surface area contributed by atoms with Crippen molar-refractivity contribution in [3.05, 3.63) is 23.3 Å². The van der Waals surface area contributed by atoms with Gasteiger partial charge in [0.15, 0.2) is 0 Å². The second-order valence-corrected chi connectivity index (χ2v) is 14.8. The van der Waals surface area contributed by atoms with Gasteiger partial charge in [-0.1, -0.05) is 58.8 Å². The predicted molar refractivity (Wildman–Crippen MR) is 150 cm³/mol. The maximum Gasteiger partial charge on any atom is 0.303 e. The number of allylic oxidation sites excluding steroid dienone is 1. The van der Waals surface area contributed by atoms with E-state index in [9.17, 15) is 9.90 Å². The molecular weight excluding hydrogens is 460 g/mol. The first kappa shape index (κ1) is 28.9. The maximum atomic E-state index is 11.8. The molecule has 0 radical (unpaired) electrons. The molecule has 0 aromatic carbocycles. The molecular formula is C33H54O4. The van der Waals surface area contributed by atoms with E-state index < -0.39 is 0 Å². The van der Waals surface area contributed by atoms with Crippen LogP contribution in [0.4, 0.5) is 0 Å². The summed E-state index contributed by atoms with van der Waals surface area (Å²) >= 11 is 0. The van der Waals surface area contributed by atoms with Crippen molar-refractivity contribution < 1.29 is 19.4 Å². The van der Waals surface area contributed by atoms with Gasteiger partial charge in [-0.2, -0.15) is 0 Å². The number of fused-ring (bicyclic) bond motifs is 5. The van der Waals surface area contributed by atoms with Crippen LogP contribution >= 0.6 is 0 Å². The highest BCUT2D eigenvalue weighted by molar-refractivity contribution is 5.66. The van der Waals surface area contributed by atoms with Crippen LogP contribution in [-0.4, -0.2) is 36.5 Å². The van der Waals surface area contributed by atoms with E-state index in [2.05, 4.69) is 67.5 Å². The van der Waals surface area contributed by atoms with Gasteiger partial charge in [0, 0.05) is 25.4 Å². The summed E-state index contributed by atoms with van der Waals surface area (Å²) in [7, 11) is 1.89. The first-order valence-electron chi connectivity index (χ1n) is 14.9. The Morgan fingerprint density at radius 1 is 1.05 bits per heavy atom. The largest absolute Gasteiger partial charge is 0.458 e. The quantitative estimate of drug-likeness (QED) is 0.294. The summed E-state index contributed by atoms with van der Waals surface area (Å²) in [5.41, 5.74) is 3.01. The Morgan fingerprint density at radius 3 is 2.32 bits per heavy atom. The van der Waals surface area contributed by atoms with E-state index in [0.29, 0.717) is 23.7 Å². The van der Waals surface area contributed by atoms with Crippen LogP contribution < -0.4 is 0 Å². The van der Waals surface area contributed by atoms with Crippen molar-refractivity contribution in [1.29, 1.82) is 0 Å². The zero-order chi connectivity index (χ0) is 27.6. The predicted octanol–water partition coefficient (Wildman–Crippen LogP) is 7.50. The molecule has 37 heavy (non-hydrogen) atoms. The highest BCUT2D eigenvalue weighted by Crippen LogP contribution is 2.75. The topological polar surface area (TPSA) is 55.8 Å². The molecule has 3 saturated carbocycles. The van der Waals surface area contributed by atoms with Gasteiger partial charge in [0.25, 0.3) is 0 Å². The minimum Gasteiger partial charge on any atom is -0.458 e. The van der Waals surface area contributed by atoms with Gasteiger partial charge >= 0.3 is 5.97 Å². The summed E-state index contributed by atoms with van der Waals surface area (Å²) in [6.45, 7) is 20.3. The third-order valence-corrected chi connectivity index (χ3v) is 12.2.